The van der Waals surface area contributed by atoms with Crippen LogP contribution in [-0.4, -0.2) is 6.54 Å². The van der Waals surface area contributed by atoms with Crippen LogP contribution in [0.3, 0.4) is 0 Å². The summed E-state index contributed by atoms with van der Waals surface area (Å²) in [5.74, 6) is -0.275. The second-order valence-electron chi connectivity index (χ2n) is 2.43. The van der Waals surface area contributed by atoms with Crippen LogP contribution in [0.5, 0.6) is 0 Å². The van der Waals surface area contributed by atoms with Crippen LogP contribution in [0.15, 0.2) is 29.3 Å². The molecular weight excluding hydrogens is 221 g/mol. The van der Waals surface area contributed by atoms with E-state index in [9.17, 15) is 4.39 Å². The first-order valence-corrected chi connectivity index (χ1v) is 4.27. The fourth-order valence-electron chi connectivity index (χ4n) is 0.878. The number of rotatable bonds is 2. The molecule has 0 aliphatic carbocycles. The standard InChI is InChI=1S/C9H9BrFN/c1-6(5-12)8-4-7(11)2-3-9(8)10/h2-4H,1,5,12H2. The van der Waals surface area contributed by atoms with Crippen molar-refractivity contribution in [2.24, 2.45) is 5.73 Å². The summed E-state index contributed by atoms with van der Waals surface area (Å²) in [5.41, 5.74) is 6.84. The van der Waals surface area contributed by atoms with E-state index in [4.69, 9.17) is 5.73 Å². The molecule has 12 heavy (non-hydrogen) atoms. The Hall–Kier alpha value is -0.670. The van der Waals surface area contributed by atoms with Crippen LogP contribution in [0.2, 0.25) is 0 Å². The maximum absolute atomic E-state index is 12.7. The van der Waals surface area contributed by atoms with Gasteiger partial charge in [0, 0.05) is 11.0 Å². The van der Waals surface area contributed by atoms with Crippen molar-refractivity contribution in [3.63, 3.8) is 0 Å². The van der Waals surface area contributed by atoms with E-state index in [0.717, 1.165) is 15.6 Å². The molecule has 1 rings (SSSR count). The molecule has 0 fully saturated rings. The molecule has 64 valence electrons. The van der Waals surface area contributed by atoms with Gasteiger partial charge >= 0.3 is 0 Å². The van der Waals surface area contributed by atoms with Crippen molar-refractivity contribution < 1.29 is 4.39 Å². The van der Waals surface area contributed by atoms with E-state index in [1.807, 2.05) is 0 Å². The van der Waals surface area contributed by atoms with E-state index in [1.54, 1.807) is 6.07 Å². The normalized spacial score (nSPS) is 9.92. The Kier molecular flexibility index (Phi) is 3.00. The predicted octanol–water partition coefficient (Wildman–Crippen LogP) is 2.56. The first kappa shape index (κ1) is 9.42. The smallest absolute Gasteiger partial charge is 0.123 e. The largest absolute Gasteiger partial charge is 0.326 e. The second kappa shape index (κ2) is 3.83. The van der Waals surface area contributed by atoms with Gasteiger partial charge in [-0.15, -0.1) is 0 Å². The zero-order chi connectivity index (χ0) is 9.14. The van der Waals surface area contributed by atoms with Gasteiger partial charge in [-0.05, 0) is 29.3 Å². The molecule has 0 saturated carbocycles. The molecule has 2 N–H and O–H groups in total. The minimum Gasteiger partial charge on any atom is -0.326 e. The van der Waals surface area contributed by atoms with Crippen molar-refractivity contribution in [2.45, 2.75) is 0 Å². The van der Waals surface area contributed by atoms with Gasteiger partial charge in [0.1, 0.15) is 5.82 Å². The van der Waals surface area contributed by atoms with Gasteiger partial charge in [0.25, 0.3) is 0 Å². The SMILES string of the molecule is C=C(CN)c1cc(F)ccc1Br. The van der Waals surface area contributed by atoms with Gasteiger partial charge in [0.15, 0.2) is 0 Å². The summed E-state index contributed by atoms with van der Waals surface area (Å²) in [6.07, 6.45) is 0. The molecule has 3 heteroatoms. The Morgan fingerprint density at radius 2 is 2.25 bits per heavy atom. The van der Waals surface area contributed by atoms with Gasteiger partial charge in [0.2, 0.25) is 0 Å². The summed E-state index contributed by atoms with van der Waals surface area (Å²) < 4.78 is 13.6. The van der Waals surface area contributed by atoms with Crippen molar-refractivity contribution in [1.29, 1.82) is 0 Å². The molecule has 0 amide bonds. The average molecular weight is 230 g/mol. The molecule has 0 aliphatic heterocycles. The first-order valence-electron chi connectivity index (χ1n) is 3.48. The van der Waals surface area contributed by atoms with Crippen LogP contribution < -0.4 is 5.73 Å². The first-order chi connectivity index (χ1) is 5.65. The maximum atomic E-state index is 12.7. The van der Waals surface area contributed by atoms with Crippen LogP contribution in [-0.2, 0) is 0 Å². The van der Waals surface area contributed by atoms with Crippen molar-refractivity contribution >= 4 is 21.5 Å². The Morgan fingerprint density at radius 1 is 1.58 bits per heavy atom. The van der Waals surface area contributed by atoms with Gasteiger partial charge in [0.05, 0.1) is 0 Å². The zero-order valence-corrected chi connectivity index (χ0v) is 8.07. The molecule has 0 aliphatic rings. The summed E-state index contributed by atoms with van der Waals surface area (Å²) in [5, 5.41) is 0. The average Bonchev–Trinajstić information content (AvgIpc) is 2.08. The highest BCUT2D eigenvalue weighted by atomic mass is 79.9. The molecular formula is C9H9BrFN. The van der Waals surface area contributed by atoms with Crippen LogP contribution in [0.4, 0.5) is 4.39 Å². The van der Waals surface area contributed by atoms with Crippen molar-refractivity contribution in [3.8, 4) is 0 Å². The third-order valence-corrected chi connectivity index (χ3v) is 2.25. The van der Waals surface area contributed by atoms with Crippen LogP contribution in [0, 0.1) is 5.82 Å². The molecule has 1 nitrogen and oxygen atoms in total. The fraction of sp³-hybridized carbons (Fsp3) is 0.111. The molecule has 1 aromatic carbocycles. The minimum atomic E-state index is -0.275. The van der Waals surface area contributed by atoms with E-state index in [0.29, 0.717) is 6.54 Å². The minimum absolute atomic E-state index is 0.275. The predicted molar refractivity (Wildman–Crippen MR) is 52.2 cm³/mol. The molecule has 0 spiro atoms. The second-order valence-corrected chi connectivity index (χ2v) is 3.29. The topological polar surface area (TPSA) is 26.0 Å². The number of nitrogens with two attached hydrogens (primary N) is 1. The Labute approximate surface area is 79.2 Å². The fourth-order valence-corrected chi connectivity index (χ4v) is 1.41. The van der Waals surface area contributed by atoms with E-state index in [1.165, 1.54) is 12.1 Å². The van der Waals surface area contributed by atoms with Gasteiger partial charge in [-0.25, -0.2) is 4.39 Å². The molecule has 0 atom stereocenters. The highest BCUT2D eigenvalue weighted by Gasteiger charge is 2.03. The summed E-state index contributed by atoms with van der Waals surface area (Å²) in [6.45, 7) is 4.06. The molecule has 0 aromatic heterocycles. The van der Waals surface area contributed by atoms with Gasteiger partial charge < -0.3 is 5.73 Å². The molecule has 0 unspecified atom stereocenters. The molecule has 1 aromatic rings. The number of hydrogen-bond donors (Lipinski definition) is 1. The summed E-state index contributed by atoms with van der Waals surface area (Å²) in [4.78, 5) is 0. The molecule has 0 saturated heterocycles. The van der Waals surface area contributed by atoms with Crippen molar-refractivity contribution in [3.05, 3.63) is 40.6 Å². The summed E-state index contributed by atoms with van der Waals surface area (Å²) in [6, 6.07) is 4.45. The quantitative estimate of drug-likeness (QED) is 0.830. The molecule has 0 heterocycles. The van der Waals surface area contributed by atoms with Crippen LogP contribution in [0.1, 0.15) is 5.56 Å². The third kappa shape index (κ3) is 1.93. The Bertz CT molecular complexity index is 309. The van der Waals surface area contributed by atoms with Gasteiger partial charge in [-0.1, -0.05) is 22.5 Å². The molecule has 0 radical (unpaired) electrons. The molecule has 0 bridgehead atoms. The maximum Gasteiger partial charge on any atom is 0.123 e. The number of halogens is 2. The lowest BCUT2D eigenvalue weighted by Gasteiger charge is -2.05. The highest BCUT2D eigenvalue weighted by molar-refractivity contribution is 9.10. The van der Waals surface area contributed by atoms with Gasteiger partial charge in [-0.2, -0.15) is 0 Å². The van der Waals surface area contributed by atoms with E-state index < -0.39 is 0 Å². The third-order valence-electron chi connectivity index (χ3n) is 1.56. The lowest BCUT2D eigenvalue weighted by molar-refractivity contribution is 0.627. The monoisotopic (exact) mass is 229 g/mol. The van der Waals surface area contributed by atoms with Crippen LogP contribution >= 0.6 is 15.9 Å². The Balaban J connectivity index is 3.13. The summed E-state index contributed by atoms with van der Waals surface area (Å²) >= 11 is 3.29. The van der Waals surface area contributed by atoms with Crippen LogP contribution in [0.25, 0.3) is 5.57 Å². The summed E-state index contributed by atoms with van der Waals surface area (Å²) in [7, 11) is 0. The van der Waals surface area contributed by atoms with E-state index in [-0.39, 0.29) is 5.82 Å². The number of hydrogen-bond acceptors (Lipinski definition) is 1. The highest BCUT2D eigenvalue weighted by Crippen LogP contribution is 2.23. The lowest BCUT2D eigenvalue weighted by Crippen LogP contribution is -2.01. The van der Waals surface area contributed by atoms with E-state index >= 15 is 0 Å². The van der Waals surface area contributed by atoms with Crippen molar-refractivity contribution in [1.82, 2.24) is 0 Å². The number of benzene rings is 1. The van der Waals surface area contributed by atoms with Gasteiger partial charge in [-0.3, -0.25) is 0 Å². The van der Waals surface area contributed by atoms with E-state index in [2.05, 4.69) is 22.5 Å². The Morgan fingerprint density at radius 3 is 2.83 bits per heavy atom. The lowest BCUT2D eigenvalue weighted by atomic mass is 10.1. The zero-order valence-electron chi connectivity index (χ0n) is 6.48. The van der Waals surface area contributed by atoms with Crippen molar-refractivity contribution in [2.75, 3.05) is 6.54 Å².